The third-order valence-corrected chi connectivity index (χ3v) is 5.81. The Morgan fingerprint density at radius 2 is 1.81 bits per heavy atom. The predicted octanol–water partition coefficient (Wildman–Crippen LogP) is 1.43. The summed E-state index contributed by atoms with van der Waals surface area (Å²) in [7, 11) is -1.89. The topological polar surface area (TPSA) is 62.7 Å². The Hall–Kier alpha value is -1.02. The van der Waals surface area contributed by atoms with Crippen molar-refractivity contribution < 1.29 is 13.2 Å². The molecule has 118 valence electrons. The van der Waals surface area contributed by atoms with Crippen LogP contribution in [0.2, 0.25) is 0 Å². The maximum Gasteiger partial charge on any atom is 0.282 e. The highest BCUT2D eigenvalue weighted by molar-refractivity contribution is 7.86. The maximum absolute atomic E-state index is 12.8. The van der Waals surface area contributed by atoms with E-state index >= 15 is 0 Å². The number of nitrogens with zero attached hydrogens (tertiary/aromatic N) is 3. The SMILES string of the molecule is CC1CN(S(=O)(=O)N(C)C(C)c2ccncc2)CC(C)O1. The van der Waals surface area contributed by atoms with Crippen LogP contribution in [-0.2, 0) is 14.9 Å². The molecule has 21 heavy (non-hydrogen) atoms. The van der Waals surface area contributed by atoms with Crippen molar-refractivity contribution in [3.63, 3.8) is 0 Å². The Labute approximate surface area is 126 Å². The summed E-state index contributed by atoms with van der Waals surface area (Å²) in [5, 5.41) is 0. The first-order valence-corrected chi connectivity index (χ1v) is 8.50. The molecule has 1 fully saturated rings. The van der Waals surface area contributed by atoms with Crippen molar-refractivity contribution in [2.75, 3.05) is 20.1 Å². The van der Waals surface area contributed by atoms with E-state index in [9.17, 15) is 8.42 Å². The van der Waals surface area contributed by atoms with Gasteiger partial charge in [0.2, 0.25) is 0 Å². The Kier molecular flexibility index (Phi) is 4.98. The zero-order valence-electron chi connectivity index (χ0n) is 12.9. The van der Waals surface area contributed by atoms with Crippen LogP contribution in [0.4, 0.5) is 0 Å². The molecule has 0 bridgehead atoms. The van der Waals surface area contributed by atoms with E-state index in [1.165, 1.54) is 8.61 Å². The lowest BCUT2D eigenvalue weighted by atomic mass is 10.1. The lowest BCUT2D eigenvalue weighted by Gasteiger charge is -2.37. The van der Waals surface area contributed by atoms with Gasteiger partial charge in [0.05, 0.1) is 12.2 Å². The Morgan fingerprint density at radius 3 is 2.33 bits per heavy atom. The standard InChI is InChI=1S/C14H23N3O3S/c1-11-9-17(10-12(2)20-11)21(18,19)16(4)13(3)14-5-7-15-8-6-14/h5-8,11-13H,9-10H2,1-4H3. The molecular formula is C14H23N3O3S. The van der Waals surface area contributed by atoms with E-state index in [0.717, 1.165) is 5.56 Å². The van der Waals surface area contributed by atoms with Crippen LogP contribution in [0.3, 0.4) is 0 Å². The highest BCUT2D eigenvalue weighted by Gasteiger charge is 2.35. The molecule has 2 rings (SSSR count). The molecule has 0 N–H and O–H groups in total. The summed E-state index contributed by atoms with van der Waals surface area (Å²) < 4.78 is 34.1. The van der Waals surface area contributed by atoms with Gasteiger partial charge >= 0.3 is 0 Å². The minimum absolute atomic E-state index is 0.0897. The highest BCUT2D eigenvalue weighted by Crippen LogP contribution is 2.24. The maximum atomic E-state index is 12.8. The normalized spacial score (nSPS) is 26.0. The number of aromatic nitrogens is 1. The van der Waals surface area contributed by atoms with Gasteiger partial charge in [-0.2, -0.15) is 17.0 Å². The predicted molar refractivity (Wildman–Crippen MR) is 80.9 cm³/mol. The average molecular weight is 313 g/mol. The van der Waals surface area contributed by atoms with Crippen LogP contribution >= 0.6 is 0 Å². The van der Waals surface area contributed by atoms with Crippen LogP contribution in [0.5, 0.6) is 0 Å². The van der Waals surface area contributed by atoms with E-state index in [-0.39, 0.29) is 18.2 Å². The summed E-state index contributed by atoms with van der Waals surface area (Å²) >= 11 is 0. The Balaban J connectivity index is 2.18. The van der Waals surface area contributed by atoms with Crippen molar-refractivity contribution in [1.29, 1.82) is 0 Å². The van der Waals surface area contributed by atoms with Gasteiger partial charge in [-0.05, 0) is 38.5 Å². The molecule has 0 radical (unpaired) electrons. The van der Waals surface area contributed by atoms with E-state index in [1.54, 1.807) is 19.4 Å². The summed E-state index contributed by atoms with van der Waals surface area (Å²) in [6.07, 6.45) is 3.16. The Morgan fingerprint density at radius 1 is 1.29 bits per heavy atom. The molecule has 1 aliphatic heterocycles. The minimum atomic E-state index is -3.51. The third kappa shape index (κ3) is 3.60. The second kappa shape index (κ2) is 6.39. The van der Waals surface area contributed by atoms with E-state index in [4.69, 9.17) is 4.74 Å². The average Bonchev–Trinajstić information content (AvgIpc) is 2.45. The van der Waals surface area contributed by atoms with Crippen molar-refractivity contribution in [2.24, 2.45) is 0 Å². The molecule has 3 atom stereocenters. The number of pyridine rings is 1. The molecule has 0 aromatic carbocycles. The molecule has 1 aliphatic rings. The van der Waals surface area contributed by atoms with Crippen LogP contribution in [0.15, 0.2) is 24.5 Å². The van der Waals surface area contributed by atoms with Crippen LogP contribution in [-0.4, -0.2) is 54.4 Å². The molecule has 0 aliphatic carbocycles. The second-order valence-corrected chi connectivity index (χ2v) is 7.54. The van der Waals surface area contributed by atoms with E-state index in [0.29, 0.717) is 13.1 Å². The molecule has 6 nitrogen and oxygen atoms in total. The van der Waals surface area contributed by atoms with Gasteiger partial charge in [-0.3, -0.25) is 4.98 Å². The van der Waals surface area contributed by atoms with Gasteiger partial charge in [-0.1, -0.05) is 0 Å². The fraction of sp³-hybridized carbons (Fsp3) is 0.643. The first-order chi connectivity index (χ1) is 9.82. The molecule has 0 saturated carbocycles. The zero-order chi connectivity index (χ0) is 15.6. The zero-order valence-corrected chi connectivity index (χ0v) is 13.7. The summed E-state index contributed by atoms with van der Waals surface area (Å²) in [5.74, 6) is 0. The third-order valence-electron chi connectivity index (χ3n) is 3.81. The first kappa shape index (κ1) is 16.4. The number of ether oxygens (including phenoxy) is 1. The van der Waals surface area contributed by atoms with Crippen LogP contribution in [0.1, 0.15) is 32.4 Å². The lowest BCUT2D eigenvalue weighted by molar-refractivity contribution is -0.0455. The van der Waals surface area contributed by atoms with E-state index in [2.05, 4.69) is 4.98 Å². The minimum Gasteiger partial charge on any atom is -0.373 e. The van der Waals surface area contributed by atoms with Gasteiger partial charge in [-0.25, -0.2) is 0 Å². The van der Waals surface area contributed by atoms with E-state index < -0.39 is 10.2 Å². The van der Waals surface area contributed by atoms with Crippen molar-refractivity contribution in [1.82, 2.24) is 13.6 Å². The summed E-state index contributed by atoms with van der Waals surface area (Å²) in [6, 6.07) is 3.43. The number of hydrogen-bond donors (Lipinski definition) is 0. The molecule has 0 amide bonds. The largest absolute Gasteiger partial charge is 0.373 e. The molecule has 1 aromatic rings. The molecular weight excluding hydrogens is 290 g/mol. The molecule has 1 aromatic heterocycles. The first-order valence-electron chi connectivity index (χ1n) is 7.11. The summed E-state index contributed by atoms with van der Waals surface area (Å²) in [5.41, 5.74) is 0.922. The van der Waals surface area contributed by atoms with Crippen molar-refractivity contribution in [3.05, 3.63) is 30.1 Å². The smallest absolute Gasteiger partial charge is 0.282 e. The Bertz CT molecular complexity index is 554. The van der Waals surface area contributed by atoms with Crippen LogP contribution in [0.25, 0.3) is 0 Å². The van der Waals surface area contributed by atoms with Crippen molar-refractivity contribution in [2.45, 2.75) is 39.0 Å². The van der Waals surface area contributed by atoms with Gasteiger partial charge in [-0.15, -0.1) is 0 Å². The van der Waals surface area contributed by atoms with Gasteiger partial charge in [0.15, 0.2) is 0 Å². The number of rotatable bonds is 4. The van der Waals surface area contributed by atoms with Gasteiger partial charge in [0, 0.05) is 38.6 Å². The lowest BCUT2D eigenvalue weighted by Crippen LogP contribution is -2.52. The van der Waals surface area contributed by atoms with Gasteiger partial charge in [0.1, 0.15) is 0 Å². The number of morpholine rings is 1. The van der Waals surface area contributed by atoms with Crippen LogP contribution < -0.4 is 0 Å². The summed E-state index contributed by atoms with van der Waals surface area (Å²) in [6.45, 7) is 6.44. The fourth-order valence-electron chi connectivity index (χ4n) is 2.55. The van der Waals surface area contributed by atoms with Crippen molar-refractivity contribution in [3.8, 4) is 0 Å². The highest BCUT2D eigenvalue weighted by atomic mass is 32.2. The number of hydrogen-bond acceptors (Lipinski definition) is 4. The molecule has 0 spiro atoms. The molecule has 2 heterocycles. The van der Waals surface area contributed by atoms with Gasteiger partial charge in [0.25, 0.3) is 10.2 Å². The van der Waals surface area contributed by atoms with Crippen LogP contribution in [0, 0.1) is 0 Å². The molecule has 3 unspecified atom stereocenters. The van der Waals surface area contributed by atoms with Crippen molar-refractivity contribution >= 4 is 10.2 Å². The fourth-order valence-corrected chi connectivity index (χ4v) is 4.24. The van der Waals surface area contributed by atoms with Gasteiger partial charge < -0.3 is 4.74 Å². The second-order valence-electron chi connectivity index (χ2n) is 5.55. The molecule has 1 saturated heterocycles. The summed E-state index contributed by atoms with van der Waals surface area (Å²) in [4.78, 5) is 3.96. The molecule has 7 heteroatoms. The quantitative estimate of drug-likeness (QED) is 0.843. The monoisotopic (exact) mass is 313 g/mol. The van der Waals surface area contributed by atoms with E-state index in [1.807, 2.05) is 32.9 Å².